The fourth-order valence-electron chi connectivity index (χ4n) is 14.4. The Balaban J connectivity index is 0.911. The average Bonchev–Trinajstić information content (AvgIpc) is 1.61. The van der Waals surface area contributed by atoms with Gasteiger partial charge >= 0.3 is 0 Å². The largest absolute Gasteiger partial charge is 0.354 e. The minimum Gasteiger partial charge on any atom is -0.354 e. The summed E-state index contributed by atoms with van der Waals surface area (Å²) < 4.78 is 0. The smallest absolute Gasteiger partial charge is 0.164 e. The van der Waals surface area contributed by atoms with Crippen molar-refractivity contribution < 1.29 is 0 Å². The van der Waals surface area contributed by atoms with Crippen LogP contribution in [0.2, 0.25) is 0 Å². The zero-order valence-electron chi connectivity index (χ0n) is 57.6. The Labute approximate surface area is 584 Å². The van der Waals surface area contributed by atoms with Gasteiger partial charge in [-0.05, 0) is 134 Å². The van der Waals surface area contributed by atoms with Gasteiger partial charge in [0.1, 0.15) is 22.6 Å². The van der Waals surface area contributed by atoms with Crippen molar-refractivity contribution in [3.8, 4) is 90.1 Å². The van der Waals surface area contributed by atoms with Gasteiger partial charge in [0.05, 0.1) is 28.5 Å². The first kappa shape index (κ1) is 60.9. The molecule has 8 aromatic carbocycles. The predicted octanol–water partition coefficient (Wildman–Crippen LogP) is 21.8. The van der Waals surface area contributed by atoms with E-state index in [0.29, 0.717) is 45.9 Å². The van der Waals surface area contributed by atoms with Crippen LogP contribution in [0.1, 0.15) is 102 Å². The number of hydrogen-bond donors (Lipinski definition) is 5. The minimum absolute atomic E-state index is 0.128. The maximum atomic E-state index is 5.86. The summed E-state index contributed by atoms with van der Waals surface area (Å²) in [4.78, 5) is 59.6. The molecule has 0 spiro atoms. The van der Waals surface area contributed by atoms with E-state index in [1.165, 1.54) is 5.56 Å². The number of nitrogens with one attached hydrogen (secondary N) is 5. The van der Waals surface area contributed by atoms with Crippen molar-refractivity contribution in [2.75, 3.05) is 5.32 Å². The number of anilines is 1. The molecule has 10 heterocycles. The molecule has 4 aliphatic rings. The molecule has 14 aromatic rings. The Morgan fingerprint density at radius 3 is 1.10 bits per heavy atom. The lowest BCUT2D eigenvalue weighted by Crippen LogP contribution is -2.10. The van der Waals surface area contributed by atoms with Crippen molar-refractivity contribution in [2.24, 2.45) is 0 Å². The molecule has 0 radical (unpaired) electrons. The third kappa shape index (κ3) is 10.7. The fourth-order valence-corrected chi connectivity index (χ4v) is 14.4. The van der Waals surface area contributed by atoms with Gasteiger partial charge in [-0.1, -0.05) is 220 Å². The summed E-state index contributed by atoms with van der Waals surface area (Å²) >= 11 is 0. The Kier molecular flexibility index (Phi) is 13.9. The Morgan fingerprint density at radius 1 is 0.287 bits per heavy atom. The zero-order valence-corrected chi connectivity index (χ0v) is 57.6. The molecular weight excluding hydrogens is 1240 g/mol. The Bertz CT molecular complexity index is 6190. The topological polar surface area (TPSA) is 178 Å². The summed E-state index contributed by atoms with van der Waals surface area (Å²) in [5.74, 6) is 2.15. The number of aromatic nitrogens is 12. The number of benzene rings is 8. The van der Waals surface area contributed by atoms with Crippen molar-refractivity contribution in [2.45, 2.75) is 78.6 Å². The number of rotatable bonds is 6. The first-order valence-corrected chi connectivity index (χ1v) is 34.5. The molecule has 101 heavy (non-hydrogen) atoms. The van der Waals surface area contributed by atoms with Crippen molar-refractivity contribution in [1.82, 2.24) is 59.8 Å². The van der Waals surface area contributed by atoms with Gasteiger partial charge in [-0.3, -0.25) is 0 Å². The van der Waals surface area contributed by atoms with E-state index < -0.39 is 0 Å². The fraction of sp³-hybridized carbons (Fsp3) is 0.136. The molecule has 16 bridgehead atoms. The summed E-state index contributed by atoms with van der Waals surface area (Å²) in [5, 5.41) is 7.53. The molecule has 4 aliphatic heterocycles. The normalized spacial score (nSPS) is 12.8. The van der Waals surface area contributed by atoms with Gasteiger partial charge < -0.3 is 25.3 Å². The molecule has 18 rings (SSSR count). The maximum absolute atomic E-state index is 5.86. The lowest BCUT2D eigenvalue weighted by atomic mass is 9.85. The molecule has 0 unspecified atom stereocenters. The molecule has 13 heteroatoms. The van der Waals surface area contributed by atoms with Gasteiger partial charge in [-0.2, -0.15) is 0 Å². The maximum Gasteiger partial charge on any atom is 0.164 e. The van der Waals surface area contributed by atoms with Gasteiger partial charge in [-0.25, -0.2) is 39.9 Å². The highest BCUT2D eigenvalue weighted by molar-refractivity contribution is 6.10. The van der Waals surface area contributed by atoms with Gasteiger partial charge in [0, 0.05) is 93.8 Å². The highest BCUT2D eigenvalue weighted by Gasteiger charge is 2.29. The van der Waals surface area contributed by atoms with Crippen LogP contribution in [0.15, 0.2) is 218 Å². The van der Waals surface area contributed by atoms with E-state index in [4.69, 9.17) is 39.9 Å². The summed E-state index contributed by atoms with van der Waals surface area (Å²) in [6, 6.07) is 76.9. The molecule has 0 fully saturated rings. The van der Waals surface area contributed by atoms with Gasteiger partial charge in [0.15, 0.2) is 23.3 Å². The van der Waals surface area contributed by atoms with Crippen molar-refractivity contribution in [1.29, 1.82) is 0 Å². The standard InChI is InChI=1S/C88H71N13/c1-86(2,3)53-30-34-57-61(44-53)82-94-78(57)96-83-63-46-55(88(7,8)9)32-36-59(63)80(98-83)100-85-64-47-56(33-37-60(64)81(101-85)99-84-62-45-54(87(4,5)6)31-35-58(62)79(95-82)97-84)89-72-48-71-75(51-26-18-12-19-27-51)69-41-40-67(91-69)73(49-22-14-10-15-23-49)65-38-39-66(90-65)74(50-24-16-11-17-25-50)68-42-43-70(92-68)76(77(72)93-71)52-28-20-13-21-29-52/h10-48,89,91-92H,1-9H3,(H2,94,95,96,97,98,99,100,101). The predicted molar refractivity (Wildman–Crippen MR) is 415 cm³/mol. The quantitative estimate of drug-likeness (QED) is 0.108. The molecule has 5 N–H and O–H groups in total. The van der Waals surface area contributed by atoms with E-state index in [2.05, 4.69) is 324 Å². The number of nitrogens with zero attached hydrogens (tertiary/aromatic N) is 8. The monoisotopic (exact) mass is 1310 g/mol. The van der Waals surface area contributed by atoms with Crippen molar-refractivity contribution >= 4 is 95.8 Å². The highest BCUT2D eigenvalue weighted by atomic mass is 15.1. The highest BCUT2D eigenvalue weighted by Crippen LogP contribution is 2.45. The molecule has 0 aliphatic carbocycles. The van der Waals surface area contributed by atoms with E-state index in [1.54, 1.807) is 0 Å². The van der Waals surface area contributed by atoms with E-state index >= 15 is 0 Å². The van der Waals surface area contributed by atoms with E-state index in [1.807, 2.05) is 0 Å². The molecular formula is C88H71N13. The average molecular weight is 1310 g/mol. The molecule has 0 atom stereocenters. The van der Waals surface area contributed by atoms with Crippen LogP contribution in [0.4, 0.5) is 5.69 Å². The lowest BCUT2D eigenvalue weighted by Gasteiger charge is -2.19. The first-order chi connectivity index (χ1) is 48.9. The molecule has 0 amide bonds. The van der Waals surface area contributed by atoms with Crippen molar-refractivity contribution in [3.05, 3.63) is 258 Å². The second-order valence-corrected chi connectivity index (χ2v) is 29.7. The third-order valence-electron chi connectivity index (χ3n) is 19.8. The molecule has 0 saturated heterocycles. The number of hydrogen-bond acceptors (Lipinski definition) is 9. The van der Waals surface area contributed by atoms with Crippen molar-refractivity contribution in [3.63, 3.8) is 0 Å². The van der Waals surface area contributed by atoms with Gasteiger partial charge in [0.2, 0.25) is 0 Å². The van der Waals surface area contributed by atoms with Crippen LogP contribution in [-0.2, 0) is 16.2 Å². The third-order valence-corrected chi connectivity index (χ3v) is 19.8. The van der Waals surface area contributed by atoms with E-state index in [-0.39, 0.29) is 16.2 Å². The van der Waals surface area contributed by atoms with Crippen LogP contribution in [0, 0.1) is 0 Å². The minimum atomic E-state index is -0.163. The molecule has 488 valence electrons. The summed E-state index contributed by atoms with van der Waals surface area (Å²) in [6.07, 6.45) is 6.47. The van der Waals surface area contributed by atoms with Crippen LogP contribution >= 0.6 is 0 Å². The van der Waals surface area contributed by atoms with Crippen LogP contribution < -0.4 is 5.32 Å². The number of aromatic amines is 4. The molecule has 6 aromatic heterocycles. The summed E-state index contributed by atoms with van der Waals surface area (Å²) in [5.41, 5.74) is 25.3. The number of H-pyrrole nitrogens is 4. The summed E-state index contributed by atoms with van der Waals surface area (Å²) in [6.45, 7) is 20.1. The number of fused-ring (bicyclic) bond motifs is 28. The van der Waals surface area contributed by atoms with Crippen LogP contribution in [-0.4, -0.2) is 59.8 Å². The van der Waals surface area contributed by atoms with Crippen LogP contribution in [0.5, 0.6) is 0 Å². The van der Waals surface area contributed by atoms with Gasteiger partial charge in [-0.15, -0.1) is 0 Å². The molecule has 13 nitrogen and oxygen atoms in total. The van der Waals surface area contributed by atoms with Crippen LogP contribution in [0.25, 0.3) is 180 Å². The Hall–Kier alpha value is -12.5. The lowest BCUT2D eigenvalue weighted by molar-refractivity contribution is 0.590. The molecule has 0 saturated carbocycles. The van der Waals surface area contributed by atoms with Gasteiger partial charge in [0.25, 0.3) is 0 Å². The summed E-state index contributed by atoms with van der Waals surface area (Å²) in [7, 11) is 0. The van der Waals surface area contributed by atoms with E-state index in [9.17, 15) is 0 Å². The SMILES string of the molecule is CC(C)(C)c1ccc2c(c1)-c1nc-2nc2[nH]c(nc3nc(nc4[nH]c(n1)c1ccc(NC5=Cc6nc5c(-c5ccccc5)c5ccc([nH]5)c(-c5ccccc5)c5nc(c(-c7ccccc7)c7ccc([nH]7)c6-c6ccccc6)C=C5)cc41)-c1ccc(C(C)(C)C)cc1-3)c1ccc(C(C)(C)C)cc21. The van der Waals surface area contributed by atoms with Crippen LogP contribution in [0.3, 0.4) is 0 Å². The second kappa shape index (κ2) is 23.1. The van der Waals surface area contributed by atoms with E-state index in [0.717, 1.165) is 156 Å². The zero-order chi connectivity index (χ0) is 68.6. The second-order valence-electron chi connectivity index (χ2n) is 29.7. The first-order valence-electron chi connectivity index (χ1n) is 34.5. The Morgan fingerprint density at radius 2 is 0.653 bits per heavy atom.